The van der Waals surface area contributed by atoms with E-state index >= 15 is 0 Å². The van der Waals surface area contributed by atoms with Gasteiger partial charge in [-0.1, -0.05) is 51.5 Å². The van der Waals surface area contributed by atoms with Crippen LogP contribution < -0.4 is 5.32 Å². The maximum Gasteiger partial charge on any atom is 0.264 e. The van der Waals surface area contributed by atoms with Crippen molar-refractivity contribution in [1.82, 2.24) is 10.2 Å². The lowest BCUT2D eigenvalue weighted by Gasteiger charge is -2.23. The first-order valence-electron chi connectivity index (χ1n) is 9.36. The Balaban J connectivity index is 1.67. The van der Waals surface area contributed by atoms with Crippen molar-refractivity contribution in [3.05, 3.63) is 22.4 Å². The third-order valence-corrected chi connectivity index (χ3v) is 5.49. The van der Waals surface area contributed by atoms with E-state index in [4.69, 9.17) is 0 Å². The zero-order chi connectivity index (χ0) is 17.2. The molecule has 4 nitrogen and oxygen atoms in total. The van der Waals surface area contributed by atoms with Crippen LogP contribution in [0.15, 0.2) is 17.5 Å². The summed E-state index contributed by atoms with van der Waals surface area (Å²) in [6, 6.07) is 3.42. The Morgan fingerprint density at radius 2 is 1.96 bits per heavy atom. The molecule has 2 amide bonds. The Labute approximate surface area is 149 Å². The molecule has 2 heterocycles. The summed E-state index contributed by atoms with van der Waals surface area (Å²) in [6.07, 6.45) is 10.4. The summed E-state index contributed by atoms with van der Waals surface area (Å²) in [6.45, 7) is 3.64. The number of hydrogen-bond donors (Lipinski definition) is 1. The van der Waals surface area contributed by atoms with Gasteiger partial charge in [-0.05, 0) is 30.7 Å². The molecule has 5 heteroatoms. The quantitative estimate of drug-likeness (QED) is 0.642. The number of carbonyl (C=O) groups is 2. The van der Waals surface area contributed by atoms with Gasteiger partial charge in [-0.2, -0.15) is 0 Å². The van der Waals surface area contributed by atoms with Crippen LogP contribution in [0.2, 0.25) is 0 Å². The molecule has 1 aliphatic heterocycles. The number of thiophene rings is 1. The van der Waals surface area contributed by atoms with Crippen LogP contribution in [0.4, 0.5) is 0 Å². The van der Waals surface area contributed by atoms with Crippen LogP contribution in [0.5, 0.6) is 0 Å². The average Bonchev–Trinajstić information content (AvgIpc) is 3.28. The topological polar surface area (TPSA) is 49.4 Å². The normalized spacial score (nSPS) is 17.2. The highest BCUT2D eigenvalue weighted by atomic mass is 32.1. The van der Waals surface area contributed by atoms with Crippen LogP contribution in [0.3, 0.4) is 0 Å². The first-order chi connectivity index (χ1) is 11.7. The van der Waals surface area contributed by atoms with Gasteiger partial charge in [0.2, 0.25) is 5.91 Å². The number of likely N-dealkylation sites (tertiary alicyclic amines) is 1. The number of carbonyl (C=O) groups excluding carboxylic acids is 2. The third-order valence-electron chi connectivity index (χ3n) is 4.63. The van der Waals surface area contributed by atoms with Gasteiger partial charge in [-0.3, -0.25) is 9.59 Å². The smallest absolute Gasteiger partial charge is 0.264 e. The molecular weight excluding hydrogens is 320 g/mol. The van der Waals surface area contributed by atoms with Gasteiger partial charge in [-0.25, -0.2) is 0 Å². The molecule has 2 rings (SSSR count). The lowest BCUT2D eigenvalue weighted by Crippen LogP contribution is -2.46. The summed E-state index contributed by atoms with van der Waals surface area (Å²) in [5.74, 6) is 0.0157. The summed E-state index contributed by atoms with van der Waals surface area (Å²) < 4.78 is 0. The Bertz CT molecular complexity index is 501. The van der Waals surface area contributed by atoms with Gasteiger partial charge in [-0.15, -0.1) is 11.3 Å². The fourth-order valence-electron chi connectivity index (χ4n) is 3.24. The molecule has 0 radical (unpaired) electrons. The highest BCUT2D eigenvalue weighted by Gasteiger charge is 2.34. The molecule has 0 aromatic carbocycles. The molecule has 134 valence electrons. The number of amides is 2. The minimum atomic E-state index is -0.288. The summed E-state index contributed by atoms with van der Waals surface area (Å²) in [5.41, 5.74) is 0. The highest BCUT2D eigenvalue weighted by Crippen LogP contribution is 2.22. The maximum atomic E-state index is 12.5. The Hall–Kier alpha value is -1.36. The van der Waals surface area contributed by atoms with Crippen LogP contribution in [-0.4, -0.2) is 35.8 Å². The highest BCUT2D eigenvalue weighted by molar-refractivity contribution is 7.12. The third kappa shape index (κ3) is 5.62. The lowest BCUT2D eigenvalue weighted by atomic mass is 10.1. The molecule has 1 atom stereocenters. The van der Waals surface area contributed by atoms with E-state index in [1.54, 1.807) is 4.90 Å². The number of rotatable bonds is 10. The minimum absolute atomic E-state index is 0.00132. The maximum absolute atomic E-state index is 12.5. The van der Waals surface area contributed by atoms with E-state index in [1.807, 2.05) is 17.5 Å². The standard InChI is InChI=1S/C19H30N2O2S/c1-2-3-4-5-6-7-8-13-20-18(22)16-11-9-14-21(16)19(23)17-12-10-15-24-17/h10,12,15-16H,2-9,11,13-14H2,1H3,(H,20,22)/t16-/m0/s1. The molecule has 0 bridgehead atoms. The number of nitrogens with zero attached hydrogens (tertiary/aromatic N) is 1. The molecule has 0 unspecified atom stereocenters. The summed E-state index contributed by atoms with van der Waals surface area (Å²) >= 11 is 1.44. The fraction of sp³-hybridized carbons (Fsp3) is 0.684. The van der Waals surface area contributed by atoms with Crippen molar-refractivity contribution < 1.29 is 9.59 Å². The fourth-order valence-corrected chi connectivity index (χ4v) is 3.91. The Kier molecular flexibility index (Phi) is 8.29. The van der Waals surface area contributed by atoms with E-state index in [2.05, 4.69) is 12.2 Å². The van der Waals surface area contributed by atoms with Crippen molar-refractivity contribution in [1.29, 1.82) is 0 Å². The molecule has 1 saturated heterocycles. The number of nitrogens with one attached hydrogen (secondary N) is 1. The first-order valence-corrected chi connectivity index (χ1v) is 10.2. The Morgan fingerprint density at radius 1 is 1.21 bits per heavy atom. The van der Waals surface area contributed by atoms with Crippen LogP contribution in [0.1, 0.15) is 74.4 Å². The van der Waals surface area contributed by atoms with Crippen molar-refractivity contribution >= 4 is 23.2 Å². The minimum Gasteiger partial charge on any atom is -0.354 e. The molecule has 24 heavy (non-hydrogen) atoms. The van der Waals surface area contributed by atoms with Gasteiger partial charge in [0.05, 0.1) is 4.88 Å². The monoisotopic (exact) mass is 350 g/mol. The number of hydrogen-bond acceptors (Lipinski definition) is 3. The van der Waals surface area contributed by atoms with Gasteiger partial charge >= 0.3 is 0 Å². The van der Waals surface area contributed by atoms with Crippen molar-refractivity contribution in [3.8, 4) is 0 Å². The SMILES string of the molecule is CCCCCCCCCNC(=O)[C@@H]1CCCN1C(=O)c1cccs1. The van der Waals surface area contributed by atoms with Crippen molar-refractivity contribution in [2.75, 3.05) is 13.1 Å². The van der Waals surface area contributed by atoms with Crippen LogP contribution >= 0.6 is 11.3 Å². The predicted molar refractivity (Wildman–Crippen MR) is 99.4 cm³/mol. The molecule has 1 fully saturated rings. The van der Waals surface area contributed by atoms with Crippen LogP contribution in [-0.2, 0) is 4.79 Å². The van der Waals surface area contributed by atoms with E-state index in [9.17, 15) is 9.59 Å². The zero-order valence-corrected chi connectivity index (χ0v) is 15.6. The average molecular weight is 351 g/mol. The van der Waals surface area contributed by atoms with Gasteiger partial charge in [0.1, 0.15) is 6.04 Å². The van der Waals surface area contributed by atoms with Gasteiger partial charge in [0.15, 0.2) is 0 Å². The molecule has 0 aliphatic carbocycles. The second-order valence-corrected chi connectivity index (χ2v) is 7.49. The molecule has 1 aromatic heterocycles. The molecule has 0 spiro atoms. The van der Waals surface area contributed by atoms with Gasteiger partial charge in [0, 0.05) is 13.1 Å². The van der Waals surface area contributed by atoms with Crippen molar-refractivity contribution in [2.45, 2.75) is 70.8 Å². The summed E-state index contributed by atoms with van der Waals surface area (Å²) in [7, 11) is 0. The van der Waals surface area contributed by atoms with E-state index in [0.29, 0.717) is 6.54 Å². The lowest BCUT2D eigenvalue weighted by molar-refractivity contribution is -0.124. The molecule has 1 aliphatic rings. The van der Waals surface area contributed by atoms with E-state index < -0.39 is 0 Å². The predicted octanol–water partition coefficient (Wildman–Crippen LogP) is 4.22. The summed E-state index contributed by atoms with van der Waals surface area (Å²) in [4.78, 5) is 27.3. The molecule has 1 aromatic rings. The largest absolute Gasteiger partial charge is 0.354 e. The van der Waals surface area contributed by atoms with Crippen molar-refractivity contribution in [3.63, 3.8) is 0 Å². The van der Waals surface area contributed by atoms with E-state index in [1.165, 1.54) is 49.9 Å². The van der Waals surface area contributed by atoms with E-state index in [-0.39, 0.29) is 17.9 Å². The van der Waals surface area contributed by atoms with Gasteiger partial charge in [0.25, 0.3) is 5.91 Å². The van der Waals surface area contributed by atoms with Crippen molar-refractivity contribution in [2.24, 2.45) is 0 Å². The summed E-state index contributed by atoms with van der Waals surface area (Å²) in [5, 5.41) is 4.93. The molecule has 1 N–H and O–H groups in total. The molecule has 0 saturated carbocycles. The van der Waals surface area contributed by atoms with Gasteiger partial charge < -0.3 is 10.2 Å². The first kappa shape index (κ1) is 19.0. The second kappa shape index (κ2) is 10.5. The van der Waals surface area contributed by atoms with Crippen LogP contribution in [0.25, 0.3) is 0 Å². The number of unbranched alkanes of at least 4 members (excludes halogenated alkanes) is 6. The zero-order valence-electron chi connectivity index (χ0n) is 14.8. The van der Waals surface area contributed by atoms with Crippen LogP contribution in [0, 0.1) is 0 Å². The Morgan fingerprint density at radius 3 is 2.67 bits per heavy atom. The molecular formula is C19H30N2O2S. The second-order valence-electron chi connectivity index (χ2n) is 6.55. The van der Waals surface area contributed by atoms with E-state index in [0.717, 1.165) is 30.7 Å².